The summed E-state index contributed by atoms with van der Waals surface area (Å²) >= 11 is 0. The van der Waals surface area contributed by atoms with Crippen LogP contribution in [0.15, 0.2) is 24.3 Å². The van der Waals surface area contributed by atoms with Crippen LogP contribution in [0, 0.1) is 0 Å². The van der Waals surface area contributed by atoms with Crippen molar-refractivity contribution in [2.45, 2.75) is 37.8 Å². The number of hydrogen-bond donors (Lipinski definition) is 3. The Morgan fingerprint density at radius 1 is 1.44 bits per heavy atom. The highest BCUT2D eigenvalue weighted by Gasteiger charge is 2.28. The fourth-order valence-electron chi connectivity index (χ4n) is 2.69. The van der Waals surface area contributed by atoms with E-state index in [1.165, 1.54) is 5.56 Å². The van der Waals surface area contributed by atoms with Crippen molar-refractivity contribution in [2.75, 3.05) is 6.54 Å². The molecular formula is C14H20N2O2. The second-order valence-electron chi connectivity index (χ2n) is 4.95. The minimum absolute atomic E-state index is 0.178. The quantitative estimate of drug-likeness (QED) is 0.759. The number of nitrogens with two attached hydrogens (primary N) is 1. The molecule has 1 aliphatic rings. The molecule has 1 aromatic rings. The largest absolute Gasteiger partial charge is 0.478 e. The zero-order chi connectivity index (χ0) is 13.1. The van der Waals surface area contributed by atoms with E-state index in [4.69, 9.17) is 10.8 Å². The molecule has 98 valence electrons. The van der Waals surface area contributed by atoms with E-state index < -0.39 is 5.97 Å². The predicted octanol–water partition coefficient (Wildman–Crippen LogP) is 1.57. The standard InChI is InChI=1S/C14H20N2O2/c1-2-13-12(7-11(15)8-16-13)9-3-5-10(6-4-9)14(17)18/h3-6,11-13,16H,2,7-8,15H2,1H3,(H,17,18). The van der Waals surface area contributed by atoms with Gasteiger partial charge in [-0.15, -0.1) is 0 Å². The van der Waals surface area contributed by atoms with Crippen LogP contribution in [-0.2, 0) is 0 Å². The van der Waals surface area contributed by atoms with E-state index in [0.717, 1.165) is 19.4 Å². The van der Waals surface area contributed by atoms with Gasteiger partial charge < -0.3 is 16.2 Å². The van der Waals surface area contributed by atoms with Crippen molar-refractivity contribution in [3.05, 3.63) is 35.4 Å². The van der Waals surface area contributed by atoms with Crippen molar-refractivity contribution in [1.29, 1.82) is 0 Å². The van der Waals surface area contributed by atoms with Crippen molar-refractivity contribution in [2.24, 2.45) is 5.73 Å². The fraction of sp³-hybridized carbons (Fsp3) is 0.500. The van der Waals surface area contributed by atoms with Gasteiger partial charge in [-0.3, -0.25) is 0 Å². The summed E-state index contributed by atoms with van der Waals surface area (Å²) in [6.07, 6.45) is 2.01. The Kier molecular flexibility index (Phi) is 3.99. The molecule has 18 heavy (non-hydrogen) atoms. The maximum Gasteiger partial charge on any atom is 0.335 e. The molecule has 0 spiro atoms. The van der Waals surface area contributed by atoms with Crippen LogP contribution in [0.25, 0.3) is 0 Å². The summed E-state index contributed by atoms with van der Waals surface area (Å²) in [7, 11) is 0. The molecule has 0 saturated carbocycles. The highest BCUT2D eigenvalue weighted by Crippen LogP contribution is 2.29. The van der Waals surface area contributed by atoms with Gasteiger partial charge >= 0.3 is 5.97 Å². The van der Waals surface area contributed by atoms with Crippen LogP contribution >= 0.6 is 0 Å². The highest BCUT2D eigenvalue weighted by atomic mass is 16.4. The molecular weight excluding hydrogens is 228 g/mol. The van der Waals surface area contributed by atoms with Crippen LogP contribution in [-0.4, -0.2) is 29.7 Å². The number of carbonyl (C=O) groups is 1. The summed E-state index contributed by atoms with van der Waals surface area (Å²) in [4.78, 5) is 10.8. The summed E-state index contributed by atoms with van der Waals surface area (Å²) in [5, 5.41) is 12.4. The van der Waals surface area contributed by atoms with E-state index in [9.17, 15) is 4.79 Å². The first-order valence-electron chi connectivity index (χ1n) is 6.44. The monoisotopic (exact) mass is 248 g/mol. The molecule has 1 saturated heterocycles. The van der Waals surface area contributed by atoms with Gasteiger partial charge in [0.15, 0.2) is 0 Å². The summed E-state index contributed by atoms with van der Waals surface area (Å²) in [6, 6.07) is 7.78. The number of carboxylic acid groups (broad SMARTS) is 1. The molecule has 4 nitrogen and oxygen atoms in total. The summed E-state index contributed by atoms with van der Waals surface area (Å²) in [6.45, 7) is 3.02. The molecule has 1 aliphatic heterocycles. The molecule has 0 amide bonds. The third-order valence-corrected chi connectivity index (χ3v) is 3.71. The number of benzene rings is 1. The number of nitrogens with one attached hydrogen (secondary N) is 1. The first-order valence-corrected chi connectivity index (χ1v) is 6.44. The van der Waals surface area contributed by atoms with Crippen molar-refractivity contribution >= 4 is 5.97 Å². The summed E-state index contributed by atoms with van der Waals surface area (Å²) in [5.41, 5.74) is 7.51. The van der Waals surface area contributed by atoms with Gasteiger partial charge in [-0.05, 0) is 30.5 Å². The Labute approximate surface area is 107 Å². The Bertz CT molecular complexity index is 416. The molecule has 0 aliphatic carbocycles. The molecule has 0 bridgehead atoms. The van der Waals surface area contributed by atoms with Gasteiger partial charge in [-0.1, -0.05) is 19.1 Å². The van der Waals surface area contributed by atoms with E-state index in [1.807, 2.05) is 12.1 Å². The van der Waals surface area contributed by atoms with Crippen LogP contribution in [0.3, 0.4) is 0 Å². The van der Waals surface area contributed by atoms with Crippen LogP contribution in [0.4, 0.5) is 0 Å². The number of aromatic carboxylic acids is 1. The zero-order valence-corrected chi connectivity index (χ0v) is 10.6. The normalized spacial score (nSPS) is 28.0. The fourth-order valence-corrected chi connectivity index (χ4v) is 2.69. The van der Waals surface area contributed by atoms with Crippen LogP contribution in [0.1, 0.15) is 41.6 Å². The van der Waals surface area contributed by atoms with E-state index in [2.05, 4.69) is 12.2 Å². The second kappa shape index (κ2) is 5.50. The topological polar surface area (TPSA) is 75.3 Å². The Morgan fingerprint density at radius 3 is 2.67 bits per heavy atom. The molecule has 0 radical (unpaired) electrons. The van der Waals surface area contributed by atoms with E-state index >= 15 is 0 Å². The number of piperidine rings is 1. The smallest absolute Gasteiger partial charge is 0.335 e. The average molecular weight is 248 g/mol. The van der Waals surface area contributed by atoms with Gasteiger partial charge in [0.25, 0.3) is 0 Å². The average Bonchev–Trinajstić information content (AvgIpc) is 2.39. The van der Waals surface area contributed by atoms with Crippen LogP contribution in [0.5, 0.6) is 0 Å². The lowest BCUT2D eigenvalue weighted by Crippen LogP contribution is -2.49. The molecule has 2 rings (SSSR count). The lowest BCUT2D eigenvalue weighted by Gasteiger charge is -2.35. The predicted molar refractivity (Wildman–Crippen MR) is 70.8 cm³/mol. The summed E-state index contributed by atoms with van der Waals surface area (Å²) in [5.74, 6) is -0.506. The molecule has 3 atom stereocenters. The van der Waals surface area contributed by atoms with Gasteiger partial charge in [0, 0.05) is 24.5 Å². The van der Waals surface area contributed by atoms with E-state index in [1.54, 1.807) is 12.1 Å². The van der Waals surface area contributed by atoms with Crippen molar-refractivity contribution in [3.63, 3.8) is 0 Å². The first kappa shape index (κ1) is 13.1. The molecule has 3 unspecified atom stereocenters. The van der Waals surface area contributed by atoms with Crippen molar-refractivity contribution < 1.29 is 9.90 Å². The molecule has 1 fully saturated rings. The number of rotatable bonds is 3. The molecule has 4 N–H and O–H groups in total. The van der Waals surface area contributed by atoms with Gasteiger partial charge in [0.1, 0.15) is 0 Å². The van der Waals surface area contributed by atoms with Crippen molar-refractivity contribution in [1.82, 2.24) is 5.32 Å². The lowest BCUT2D eigenvalue weighted by atomic mass is 9.82. The Balaban J connectivity index is 2.20. The van der Waals surface area contributed by atoms with Crippen LogP contribution < -0.4 is 11.1 Å². The zero-order valence-electron chi connectivity index (χ0n) is 10.6. The molecule has 1 heterocycles. The third-order valence-electron chi connectivity index (χ3n) is 3.71. The Hall–Kier alpha value is -1.39. The summed E-state index contributed by atoms with van der Waals surface area (Å²) < 4.78 is 0. The third kappa shape index (κ3) is 2.71. The van der Waals surface area contributed by atoms with Crippen molar-refractivity contribution in [3.8, 4) is 0 Å². The number of carboxylic acids is 1. The van der Waals surface area contributed by atoms with E-state index in [-0.39, 0.29) is 6.04 Å². The molecule has 0 aromatic heterocycles. The van der Waals surface area contributed by atoms with Gasteiger partial charge in [-0.2, -0.15) is 0 Å². The second-order valence-corrected chi connectivity index (χ2v) is 4.95. The van der Waals surface area contributed by atoms with E-state index in [0.29, 0.717) is 17.5 Å². The minimum atomic E-state index is -0.882. The maximum absolute atomic E-state index is 10.8. The lowest BCUT2D eigenvalue weighted by molar-refractivity contribution is 0.0697. The minimum Gasteiger partial charge on any atom is -0.478 e. The van der Waals surface area contributed by atoms with Crippen LogP contribution in [0.2, 0.25) is 0 Å². The maximum atomic E-state index is 10.8. The molecule has 1 aromatic carbocycles. The molecule has 4 heteroatoms. The van der Waals surface area contributed by atoms with Gasteiger partial charge in [-0.25, -0.2) is 4.79 Å². The first-order chi connectivity index (χ1) is 8.61. The number of hydrogen-bond acceptors (Lipinski definition) is 3. The SMILES string of the molecule is CCC1NCC(N)CC1c1ccc(C(=O)O)cc1. The van der Waals surface area contributed by atoms with Gasteiger partial charge in [0.05, 0.1) is 5.56 Å². The highest BCUT2D eigenvalue weighted by molar-refractivity contribution is 5.87. The Morgan fingerprint density at radius 2 is 2.11 bits per heavy atom. The van der Waals surface area contributed by atoms with Gasteiger partial charge in [0.2, 0.25) is 0 Å².